The zero-order chi connectivity index (χ0) is 14.8. The molecule has 6 nitrogen and oxygen atoms in total. The quantitative estimate of drug-likeness (QED) is 0.502. The first-order chi connectivity index (χ1) is 9.69. The van der Waals surface area contributed by atoms with Crippen molar-refractivity contribution in [1.29, 1.82) is 0 Å². The Morgan fingerprint density at radius 1 is 1.25 bits per heavy atom. The van der Waals surface area contributed by atoms with Gasteiger partial charge in [0.15, 0.2) is 5.16 Å². The van der Waals surface area contributed by atoms with Crippen LogP contribution in [0, 0.1) is 0 Å². The SMILES string of the molecule is COCCN(CCOC)C(=O)C(C)Sc1ncccn1. The van der Waals surface area contributed by atoms with Crippen LogP contribution in [0.15, 0.2) is 23.6 Å². The molecule has 0 N–H and O–H groups in total. The van der Waals surface area contributed by atoms with Crippen LogP contribution in [0.4, 0.5) is 0 Å². The van der Waals surface area contributed by atoms with E-state index in [4.69, 9.17) is 9.47 Å². The Bertz CT molecular complexity index is 384. The molecule has 0 saturated heterocycles. The molecule has 1 amide bonds. The summed E-state index contributed by atoms with van der Waals surface area (Å²) < 4.78 is 10.1. The highest BCUT2D eigenvalue weighted by Gasteiger charge is 2.21. The number of nitrogens with zero attached hydrogens (tertiary/aromatic N) is 3. The maximum Gasteiger partial charge on any atom is 0.236 e. The second-order valence-corrected chi connectivity index (χ2v) is 5.41. The van der Waals surface area contributed by atoms with Crippen LogP contribution in [0.1, 0.15) is 6.92 Å². The average Bonchev–Trinajstić information content (AvgIpc) is 2.48. The number of methoxy groups -OCH3 is 2. The van der Waals surface area contributed by atoms with E-state index in [1.165, 1.54) is 11.8 Å². The lowest BCUT2D eigenvalue weighted by molar-refractivity contribution is -0.131. The Balaban J connectivity index is 2.57. The van der Waals surface area contributed by atoms with E-state index in [0.717, 1.165) is 0 Å². The summed E-state index contributed by atoms with van der Waals surface area (Å²) in [5.41, 5.74) is 0. The molecule has 0 saturated carbocycles. The maximum atomic E-state index is 12.4. The third-order valence-corrected chi connectivity index (χ3v) is 3.59. The molecule has 112 valence electrons. The molecule has 20 heavy (non-hydrogen) atoms. The van der Waals surface area contributed by atoms with Crippen molar-refractivity contribution in [3.05, 3.63) is 18.5 Å². The molecular formula is C13H21N3O3S. The predicted octanol–water partition coefficient (Wildman–Crippen LogP) is 1.08. The first kappa shape index (κ1) is 16.9. The van der Waals surface area contributed by atoms with Gasteiger partial charge in [0.2, 0.25) is 5.91 Å². The van der Waals surface area contributed by atoms with Crippen molar-refractivity contribution >= 4 is 17.7 Å². The molecule has 0 bridgehead atoms. The normalized spacial score (nSPS) is 12.2. The number of aromatic nitrogens is 2. The summed E-state index contributed by atoms with van der Waals surface area (Å²) in [6, 6.07) is 1.75. The minimum atomic E-state index is -0.244. The van der Waals surface area contributed by atoms with Crippen LogP contribution >= 0.6 is 11.8 Å². The Kier molecular flexibility index (Phi) is 8.17. The van der Waals surface area contributed by atoms with Gasteiger partial charge >= 0.3 is 0 Å². The van der Waals surface area contributed by atoms with Crippen LogP contribution in [0.3, 0.4) is 0 Å². The molecule has 0 aliphatic heterocycles. The number of ether oxygens (including phenoxy) is 2. The number of amides is 1. The van der Waals surface area contributed by atoms with E-state index in [9.17, 15) is 4.79 Å². The molecule has 1 aromatic heterocycles. The molecule has 0 radical (unpaired) electrons. The van der Waals surface area contributed by atoms with Crippen LogP contribution < -0.4 is 0 Å². The van der Waals surface area contributed by atoms with Gasteiger partial charge in [0.05, 0.1) is 18.5 Å². The van der Waals surface area contributed by atoms with Gasteiger partial charge in [-0.1, -0.05) is 11.8 Å². The zero-order valence-corrected chi connectivity index (χ0v) is 12.9. The number of thioether (sulfide) groups is 1. The standard InChI is InChI=1S/C13H21N3O3S/c1-11(20-13-14-5-4-6-15-13)12(17)16(7-9-18-2)8-10-19-3/h4-6,11H,7-10H2,1-3H3. The molecule has 7 heteroatoms. The number of hydrogen-bond acceptors (Lipinski definition) is 6. The van der Waals surface area contributed by atoms with Gasteiger partial charge in [-0.2, -0.15) is 0 Å². The minimum absolute atomic E-state index is 0.0385. The molecule has 0 fully saturated rings. The largest absolute Gasteiger partial charge is 0.383 e. The third kappa shape index (κ3) is 5.85. The fraction of sp³-hybridized carbons (Fsp3) is 0.615. The van der Waals surface area contributed by atoms with E-state index >= 15 is 0 Å². The molecule has 0 aliphatic rings. The Morgan fingerprint density at radius 3 is 2.30 bits per heavy atom. The Labute approximate surface area is 123 Å². The van der Waals surface area contributed by atoms with Gasteiger partial charge in [-0.05, 0) is 13.0 Å². The number of carbonyl (C=O) groups excluding carboxylic acids is 1. The molecular weight excluding hydrogens is 278 g/mol. The molecule has 1 unspecified atom stereocenters. The molecule has 1 aromatic rings. The molecule has 1 rings (SSSR count). The van der Waals surface area contributed by atoms with Crippen LogP contribution in [0.25, 0.3) is 0 Å². The number of hydrogen-bond donors (Lipinski definition) is 0. The first-order valence-corrected chi connectivity index (χ1v) is 7.27. The second kappa shape index (κ2) is 9.68. The maximum absolute atomic E-state index is 12.4. The highest BCUT2D eigenvalue weighted by molar-refractivity contribution is 8.00. The van der Waals surface area contributed by atoms with E-state index in [1.807, 2.05) is 6.92 Å². The van der Waals surface area contributed by atoms with Crippen molar-refractivity contribution in [3.8, 4) is 0 Å². The van der Waals surface area contributed by atoms with Gasteiger partial charge in [0.25, 0.3) is 0 Å². The van der Waals surface area contributed by atoms with Crippen molar-refractivity contribution in [1.82, 2.24) is 14.9 Å². The lowest BCUT2D eigenvalue weighted by atomic mass is 10.3. The van der Waals surface area contributed by atoms with Gasteiger partial charge in [0, 0.05) is 39.7 Å². The summed E-state index contributed by atoms with van der Waals surface area (Å²) in [5, 5.41) is 0.359. The molecule has 0 spiro atoms. The second-order valence-electron chi connectivity index (χ2n) is 4.10. The van der Waals surface area contributed by atoms with E-state index in [1.54, 1.807) is 37.6 Å². The Hall–Kier alpha value is -1.18. The van der Waals surface area contributed by atoms with Crippen molar-refractivity contribution in [2.75, 3.05) is 40.5 Å². The van der Waals surface area contributed by atoms with E-state index < -0.39 is 0 Å². The monoisotopic (exact) mass is 299 g/mol. The van der Waals surface area contributed by atoms with Crippen LogP contribution in [0.5, 0.6) is 0 Å². The lowest BCUT2D eigenvalue weighted by Gasteiger charge is -2.24. The average molecular weight is 299 g/mol. The van der Waals surface area contributed by atoms with Gasteiger partial charge < -0.3 is 14.4 Å². The fourth-order valence-electron chi connectivity index (χ4n) is 1.55. The fourth-order valence-corrected chi connectivity index (χ4v) is 2.36. The van der Waals surface area contributed by atoms with E-state index in [0.29, 0.717) is 31.5 Å². The summed E-state index contributed by atoms with van der Waals surface area (Å²) >= 11 is 1.35. The van der Waals surface area contributed by atoms with Crippen molar-refractivity contribution in [2.45, 2.75) is 17.3 Å². The van der Waals surface area contributed by atoms with Gasteiger partial charge in [0.1, 0.15) is 0 Å². The summed E-state index contributed by atoms with van der Waals surface area (Å²) in [5.74, 6) is 0.0385. The lowest BCUT2D eigenvalue weighted by Crippen LogP contribution is -2.40. The summed E-state index contributed by atoms with van der Waals surface area (Å²) in [4.78, 5) is 22.4. The van der Waals surface area contributed by atoms with Gasteiger partial charge in [-0.15, -0.1) is 0 Å². The highest BCUT2D eigenvalue weighted by Crippen LogP contribution is 2.20. The van der Waals surface area contributed by atoms with Crippen molar-refractivity contribution in [3.63, 3.8) is 0 Å². The zero-order valence-electron chi connectivity index (χ0n) is 12.1. The smallest absolute Gasteiger partial charge is 0.236 e. The van der Waals surface area contributed by atoms with Crippen LogP contribution in [-0.2, 0) is 14.3 Å². The predicted molar refractivity (Wildman–Crippen MR) is 77.7 cm³/mol. The highest BCUT2D eigenvalue weighted by atomic mass is 32.2. The van der Waals surface area contributed by atoms with E-state index in [-0.39, 0.29) is 11.2 Å². The van der Waals surface area contributed by atoms with Crippen molar-refractivity contribution < 1.29 is 14.3 Å². The molecule has 1 heterocycles. The van der Waals surface area contributed by atoms with Gasteiger partial charge in [-0.25, -0.2) is 9.97 Å². The van der Waals surface area contributed by atoms with Gasteiger partial charge in [-0.3, -0.25) is 4.79 Å². The summed E-state index contributed by atoms with van der Waals surface area (Å²) in [6.07, 6.45) is 3.33. The number of carbonyl (C=O) groups is 1. The Morgan fingerprint density at radius 2 is 1.80 bits per heavy atom. The topological polar surface area (TPSA) is 64.6 Å². The van der Waals surface area contributed by atoms with Crippen LogP contribution in [-0.4, -0.2) is 66.5 Å². The van der Waals surface area contributed by atoms with E-state index in [2.05, 4.69) is 9.97 Å². The summed E-state index contributed by atoms with van der Waals surface area (Å²) in [7, 11) is 3.24. The third-order valence-electron chi connectivity index (χ3n) is 2.61. The van der Waals surface area contributed by atoms with Crippen LogP contribution in [0.2, 0.25) is 0 Å². The molecule has 0 aromatic carbocycles. The minimum Gasteiger partial charge on any atom is -0.383 e. The molecule has 0 aliphatic carbocycles. The number of rotatable bonds is 9. The van der Waals surface area contributed by atoms with Crippen molar-refractivity contribution in [2.24, 2.45) is 0 Å². The first-order valence-electron chi connectivity index (χ1n) is 6.39. The molecule has 1 atom stereocenters. The summed E-state index contributed by atoms with van der Waals surface area (Å²) in [6.45, 7) is 3.98.